The number of amides is 1. The highest BCUT2D eigenvalue weighted by Gasteiger charge is 2.52. The second-order valence-electron chi connectivity index (χ2n) is 5.18. The lowest BCUT2D eigenvalue weighted by atomic mass is 10.2. The van der Waals surface area contributed by atoms with Gasteiger partial charge in [0.1, 0.15) is 17.2 Å². The van der Waals surface area contributed by atoms with Crippen molar-refractivity contribution >= 4 is 27.5 Å². The third kappa shape index (κ3) is 2.37. The van der Waals surface area contributed by atoms with Gasteiger partial charge in [0.2, 0.25) is 0 Å². The van der Waals surface area contributed by atoms with Gasteiger partial charge in [0.15, 0.2) is 0 Å². The number of nitrogens with zero attached hydrogens (tertiary/aromatic N) is 3. The molecule has 2 atom stereocenters. The molecule has 3 rings (SSSR count). The highest BCUT2D eigenvalue weighted by Crippen LogP contribution is 2.33. The van der Waals surface area contributed by atoms with Crippen LogP contribution in [0.15, 0.2) is 5.38 Å². The van der Waals surface area contributed by atoms with E-state index in [4.69, 9.17) is 4.74 Å². The average molecular weight is 331 g/mol. The minimum absolute atomic E-state index is 0.00109. The van der Waals surface area contributed by atoms with Crippen LogP contribution < -0.4 is 0 Å². The molecular formula is C12H17N3O4S2. The molecule has 2 saturated heterocycles. The van der Waals surface area contributed by atoms with E-state index in [-0.39, 0.29) is 18.6 Å². The minimum Gasteiger partial charge on any atom is -0.375 e. The number of carbonyl (C=O) groups excluding carboxylic acids is 1. The molecule has 7 nitrogen and oxygen atoms in total. The van der Waals surface area contributed by atoms with Gasteiger partial charge in [-0.15, -0.1) is 11.3 Å². The summed E-state index contributed by atoms with van der Waals surface area (Å²) in [5, 5.41) is 2.55. The van der Waals surface area contributed by atoms with Crippen LogP contribution in [0.25, 0.3) is 0 Å². The van der Waals surface area contributed by atoms with Gasteiger partial charge < -0.3 is 4.74 Å². The molecule has 21 heavy (non-hydrogen) atoms. The van der Waals surface area contributed by atoms with Crippen LogP contribution >= 0.6 is 11.3 Å². The summed E-state index contributed by atoms with van der Waals surface area (Å²) >= 11 is 1.41. The molecule has 0 bridgehead atoms. The van der Waals surface area contributed by atoms with Crippen LogP contribution in [0.4, 0.5) is 0 Å². The molecule has 2 fully saturated rings. The Balaban J connectivity index is 1.82. The zero-order valence-corrected chi connectivity index (χ0v) is 13.5. The highest BCUT2D eigenvalue weighted by atomic mass is 32.2. The van der Waals surface area contributed by atoms with Crippen LogP contribution in [0.1, 0.15) is 36.6 Å². The summed E-state index contributed by atoms with van der Waals surface area (Å²) in [6.45, 7) is 2.30. The molecule has 2 aliphatic rings. The van der Waals surface area contributed by atoms with Gasteiger partial charge in [-0.1, -0.05) is 0 Å². The van der Waals surface area contributed by atoms with Gasteiger partial charge >= 0.3 is 10.2 Å². The van der Waals surface area contributed by atoms with Gasteiger partial charge in [0.05, 0.1) is 12.2 Å². The van der Waals surface area contributed by atoms with Gasteiger partial charge in [-0.25, -0.2) is 9.29 Å². The maximum Gasteiger partial charge on any atom is 0.307 e. The van der Waals surface area contributed by atoms with E-state index < -0.39 is 16.3 Å². The third-order valence-corrected chi connectivity index (χ3v) is 6.84. The Bertz CT molecular complexity index is 657. The highest BCUT2D eigenvalue weighted by molar-refractivity contribution is 7.87. The second-order valence-corrected chi connectivity index (χ2v) is 7.87. The van der Waals surface area contributed by atoms with Gasteiger partial charge in [-0.2, -0.15) is 12.7 Å². The normalized spacial score (nSPS) is 26.3. The maximum atomic E-state index is 12.4. The molecule has 0 saturated carbocycles. The predicted octanol–water partition coefficient (Wildman–Crippen LogP) is 0.902. The lowest BCUT2D eigenvalue weighted by Crippen LogP contribution is -2.33. The van der Waals surface area contributed by atoms with Crippen molar-refractivity contribution < 1.29 is 17.9 Å². The van der Waals surface area contributed by atoms with Crippen molar-refractivity contribution in [2.45, 2.75) is 38.5 Å². The van der Waals surface area contributed by atoms with Crippen molar-refractivity contribution in [1.82, 2.24) is 13.6 Å². The number of thiazole rings is 1. The molecule has 0 radical (unpaired) electrons. The molecule has 1 aromatic heterocycles. The molecule has 0 N–H and O–H groups in total. The largest absolute Gasteiger partial charge is 0.375 e. The van der Waals surface area contributed by atoms with E-state index in [2.05, 4.69) is 4.98 Å². The standard InChI is InChI=1S/C12H17N3O4S2/c1-8(19-2)11-13-9(7-20-11)6-15-12(16)10-4-3-5-14(10)21(15,17)18/h7-8,10H,3-6H2,1-2H3/t8?,10-/m1/s1. The summed E-state index contributed by atoms with van der Waals surface area (Å²) in [7, 11) is -2.09. The molecule has 3 heterocycles. The number of methoxy groups -OCH3 is 1. The van der Waals surface area contributed by atoms with E-state index in [1.807, 2.05) is 6.92 Å². The molecular weight excluding hydrogens is 314 g/mol. The van der Waals surface area contributed by atoms with Crippen LogP contribution in [-0.4, -0.2) is 47.6 Å². The predicted molar refractivity (Wildman–Crippen MR) is 76.7 cm³/mol. The van der Waals surface area contributed by atoms with E-state index in [9.17, 15) is 13.2 Å². The first-order valence-electron chi connectivity index (χ1n) is 6.75. The Morgan fingerprint density at radius 3 is 3.00 bits per heavy atom. The molecule has 0 spiro atoms. The molecule has 1 aromatic rings. The average Bonchev–Trinajstić information content (AvgIpc) is 3.14. The third-order valence-electron chi connectivity index (χ3n) is 3.89. The number of hydrogen-bond acceptors (Lipinski definition) is 6. The zero-order chi connectivity index (χ0) is 15.2. The lowest BCUT2D eigenvalue weighted by molar-refractivity contribution is -0.127. The zero-order valence-electron chi connectivity index (χ0n) is 11.9. The van der Waals surface area contributed by atoms with Crippen LogP contribution in [0.5, 0.6) is 0 Å². The summed E-state index contributed by atoms with van der Waals surface area (Å²) < 4.78 is 32.2. The van der Waals surface area contributed by atoms with Crippen molar-refractivity contribution in [2.75, 3.05) is 13.7 Å². The number of rotatable bonds is 4. The van der Waals surface area contributed by atoms with Crippen LogP contribution in [0, 0.1) is 0 Å². The van der Waals surface area contributed by atoms with Gasteiger partial charge in [0, 0.05) is 19.0 Å². The molecule has 0 aliphatic carbocycles. The van der Waals surface area contributed by atoms with Crippen molar-refractivity contribution in [3.63, 3.8) is 0 Å². The SMILES string of the molecule is COC(C)c1nc(CN2C(=O)[C@H]3CCCN3S2(=O)=O)cs1. The first-order chi connectivity index (χ1) is 9.95. The summed E-state index contributed by atoms with van der Waals surface area (Å²) in [4.78, 5) is 16.6. The number of aromatic nitrogens is 1. The quantitative estimate of drug-likeness (QED) is 0.819. The number of hydrogen-bond donors (Lipinski definition) is 0. The molecule has 116 valence electrons. The van der Waals surface area contributed by atoms with Crippen LogP contribution in [0.3, 0.4) is 0 Å². The van der Waals surface area contributed by atoms with Crippen molar-refractivity contribution in [2.24, 2.45) is 0 Å². The minimum atomic E-state index is -3.68. The van der Waals surface area contributed by atoms with Crippen molar-refractivity contribution in [3.05, 3.63) is 16.1 Å². The first kappa shape index (κ1) is 14.9. The molecule has 1 amide bonds. The Morgan fingerprint density at radius 1 is 1.57 bits per heavy atom. The Hall–Kier alpha value is -1.03. The fraction of sp³-hybridized carbons (Fsp3) is 0.667. The molecule has 0 aromatic carbocycles. The summed E-state index contributed by atoms with van der Waals surface area (Å²) in [6.07, 6.45) is 1.21. The Morgan fingerprint density at radius 2 is 2.33 bits per heavy atom. The Labute approximate surface area is 127 Å². The molecule has 9 heteroatoms. The van der Waals surface area contributed by atoms with E-state index in [1.54, 1.807) is 12.5 Å². The smallest absolute Gasteiger partial charge is 0.307 e. The molecule has 1 unspecified atom stereocenters. The van der Waals surface area contributed by atoms with Crippen LogP contribution in [0.2, 0.25) is 0 Å². The first-order valence-corrected chi connectivity index (χ1v) is 9.03. The van der Waals surface area contributed by atoms with Gasteiger partial charge in [0.25, 0.3) is 5.91 Å². The van der Waals surface area contributed by atoms with Crippen LogP contribution in [-0.2, 0) is 26.3 Å². The summed E-state index contributed by atoms with van der Waals surface area (Å²) in [6, 6.07) is -0.508. The van der Waals surface area contributed by atoms with E-state index in [0.717, 1.165) is 15.7 Å². The Kier molecular flexibility index (Phi) is 3.76. The van der Waals surface area contributed by atoms with Gasteiger partial charge in [-0.05, 0) is 19.8 Å². The maximum absolute atomic E-state index is 12.4. The van der Waals surface area contributed by atoms with Crippen molar-refractivity contribution in [3.8, 4) is 0 Å². The fourth-order valence-corrected chi connectivity index (χ4v) is 5.28. The molecule has 2 aliphatic heterocycles. The van der Waals surface area contributed by atoms with Gasteiger partial charge in [-0.3, -0.25) is 4.79 Å². The van der Waals surface area contributed by atoms with E-state index in [1.165, 1.54) is 15.6 Å². The van der Waals surface area contributed by atoms with Crippen molar-refractivity contribution in [1.29, 1.82) is 0 Å². The number of ether oxygens (including phenoxy) is 1. The second kappa shape index (κ2) is 5.31. The monoisotopic (exact) mass is 331 g/mol. The lowest BCUT2D eigenvalue weighted by Gasteiger charge is -2.16. The summed E-state index contributed by atoms with van der Waals surface area (Å²) in [5.41, 5.74) is 0.581. The number of carbonyl (C=O) groups is 1. The topological polar surface area (TPSA) is 79.8 Å². The van der Waals surface area contributed by atoms with E-state index in [0.29, 0.717) is 18.7 Å². The fourth-order valence-electron chi connectivity index (χ4n) is 2.66. The summed E-state index contributed by atoms with van der Waals surface area (Å²) in [5.74, 6) is -0.332. The number of fused-ring (bicyclic) bond motifs is 1. The van der Waals surface area contributed by atoms with E-state index >= 15 is 0 Å².